The van der Waals surface area contributed by atoms with E-state index in [4.69, 9.17) is 0 Å². The molecule has 3 aromatic rings. The van der Waals surface area contributed by atoms with Gasteiger partial charge in [-0.15, -0.1) is 0 Å². The van der Waals surface area contributed by atoms with Gasteiger partial charge in [-0.25, -0.2) is 0 Å². The first-order valence-electron chi connectivity index (χ1n) is 6.03. The van der Waals surface area contributed by atoms with E-state index in [0.717, 1.165) is 6.54 Å². The van der Waals surface area contributed by atoms with Crippen LogP contribution in [0.25, 0.3) is 10.9 Å². The predicted molar refractivity (Wildman–Crippen MR) is 84.9 cm³/mol. The molecule has 0 N–H and O–H groups in total. The summed E-state index contributed by atoms with van der Waals surface area (Å²) in [5.74, 6) is 0. The molecule has 0 atom stereocenters. The molecule has 0 bridgehead atoms. The highest BCUT2D eigenvalue weighted by Crippen LogP contribution is 2.20. The summed E-state index contributed by atoms with van der Waals surface area (Å²) in [5, 5.41) is 1.32. The second-order valence-corrected chi connectivity index (χ2v) is 5.80. The Hall–Kier alpha value is -1.29. The van der Waals surface area contributed by atoms with Gasteiger partial charge in [0.25, 0.3) is 0 Å². The van der Waals surface area contributed by atoms with Crippen molar-refractivity contribution in [3.05, 3.63) is 69.4 Å². The summed E-state index contributed by atoms with van der Waals surface area (Å²) < 4.78 is 3.66. The molecule has 0 spiro atoms. The summed E-state index contributed by atoms with van der Waals surface area (Å²) in [6.07, 6.45) is 0. The molecular weight excluding hydrogens is 333 g/mol. The van der Waals surface area contributed by atoms with Gasteiger partial charge in [0.05, 0.1) is 0 Å². The number of aromatic nitrogens is 1. The molecule has 0 unspecified atom stereocenters. The largest absolute Gasteiger partial charge is 0.340 e. The van der Waals surface area contributed by atoms with Crippen molar-refractivity contribution in [2.45, 2.75) is 13.5 Å². The molecule has 1 nitrogen and oxygen atoms in total. The topological polar surface area (TPSA) is 4.93 Å². The van der Waals surface area contributed by atoms with E-state index in [-0.39, 0.29) is 0 Å². The lowest BCUT2D eigenvalue weighted by Gasteiger charge is -2.08. The molecule has 18 heavy (non-hydrogen) atoms. The zero-order valence-corrected chi connectivity index (χ0v) is 12.4. The third-order valence-corrected chi connectivity index (χ3v) is 3.99. The van der Waals surface area contributed by atoms with Crippen LogP contribution in [0.5, 0.6) is 0 Å². The number of halogens is 1. The number of hydrogen-bond donors (Lipinski definition) is 0. The van der Waals surface area contributed by atoms with Gasteiger partial charge in [0.1, 0.15) is 0 Å². The van der Waals surface area contributed by atoms with Gasteiger partial charge in [0, 0.05) is 21.3 Å². The Morgan fingerprint density at radius 1 is 1.00 bits per heavy atom. The Morgan fingerprint density at radius 2 is 1.72 bits per heavy atom. The quantitative estimate of drug-likeness (QED) is 0.597. The Morgan fingerprint density at radius 3 is 2.50 bits per heavy atom. The lowest BCUT2D eigenvalue weighted by Crippen LogP contribution is -2.01. The van der Waals surface area contributed by atoms with E-state index in [1.54, 1.807) is 0 Å². The van der Waals surface area contributed by atoms with Crippen molar-refractivity contribution in [2.75, 3.05) is 0 Å². The molecule has 3 rings (SSSR count). The summed E-state index contributed by atoms with van der Waals surface area (Å²) in [6.45, 7) is 3.11. The summed E-state index contributed by atoms with van der Waals surface area (Å²) >= 11 is 2.34. The van der Waals surface area contributed by atoms with E-state index in [1.807, 2.05) is 0 Å². The van der Waals surface area contributed by atoms with Crippen molar-refractivity contribution in [2.24, 2.45) is 0 Å². The number of fused-ring (bicyclic) bond motifs is 1. The number of para-hydroxylation sites is 1. The van der Waals surface area contributed by atoms with Crippen LogP contribution in [0.1, 0.15) is 11.3 Å². The number of rotatable bonds is 2. The Balaban J connectivity index is 2.04. The summed E-state index contributed by atoms with van der Waals surface area (Å²) in [4.78, 5) is 0. The van der Waals surface area contributed by atoms with Crippen LogP contribution in [0, 0.1) is 10.5 Å². The molecule has 90 valence electrons. The average molecular weight is 347 g/mol. The van der Waals surface area contributed by atoms with E-state index < -0.39 is 0 Å². The molecule has 2 aromatic carbocycles. The zero-order chi connectivity index (χ0) is 12.5. The predicted octanol–water partition coefficient (Wildman–Crippen LogP) is 4.60. The van der Waals surface area contributed by atoms with Gasteiger partial charge in [-0.1, -0.05) is 30.3 Å². The molecule has 2 heteroatoms. The zero-order valence-electron chi connectivity index (χ0n) is 10.2. The summed E-state index contributed by atoms with van der Waals surface area (Å²) in [6, 6.07) is 19.5. The van der Waals surface area contributed by atoms with E-state index in [0.29, 0.717) is 0 Å². The summed E-state index contributed by atoms with van der Waals surface area (Å²) in [5.41, 5.74) is 3.98. The Labute approximate surface area is 121 Å². The van der Waals surface area contributed by atoms with Crippen LogP contribution in [0.3, 0.4) is 0 Å². The van der Waals surface area contributed by atoms with Crippen molar-refractivity contribution in [3.63, 3.8) is 0 Å². The van der Waals surface area contributed by atoms with Crippen molar-refractivity contribution in [1.82, 2.24) is 4.57 Å². The Bertz CT molecular complexity index is 680. The molecule has 1 heterocycles. The van der Waals surface area contributed by atoms with Gasteiger partial charge in [0.15, 0.2) is 0 Å². The monoisotopic (exact) mass is 347 g/mol. The molecule has 0 aliphatic carbocycles. The number of benzene rings is 2. The van der Waals surface area contributed by atoms with Crippen molar-refractivity contribution in [1.29, 1.82) is 0 Å². The first-order chi connectivity index (χ1) is 8.74. The lowest BCUT2D eigenvalue weighted by atomic mass is 10.2. The molecule has 1 aromatic heterocycles. The van der Waals surface area contributed by atoms with Crippen molar-refractivity contribution < 1.29 is 0 Å². The van der Waals surface area contributed by atoms with Gasteiger partial charge in [-0.05, 0) is 64.7 Å². The SMILES string of the molecule is Cc1cc2ccccc2n1Cc1ccc(I)cc1. The van der Waals surface area contributed by atoms with Crippen LogP contribution in [0.2, 0.25) is 0 Å². The highest BCUT2D eigenvalue weighted by molar-refractivity contribution is 14.1. The van der Waals surface area contributed by atoms with Gasteiger partial charge < -0.3 is 4.57 Å². The van der Waals surface area contributed by atoms with Crippen LogP contribution in [-0.2, 0) is 6.54 Å². The van der Waals surface area contributed by atoms with Gasteiger partial charge >= 0.3 is 0 Å². The normalized spacial score (nSPS) is 11.0. The van der Waals surface area contributed by atoms with Crippen LogP contribution >= 0.6 is 22.6 Å². The summed E-state index contributed by atoms with van der Waals surface area (Å²) in [7, 11) is 0. The second kappa shape index (κ2) is 4.76. The fourth-order valence-electron chi connectivity index (χ4n) is 2.33. The van der Waals surface area contributed by atoms with Crippen LogP contribution in [-0.4, -0.2) is 4.57 Å². The molecule has 0 amide bonds. The highest BCUT2D eigenvalue weighted by Gasteiger charge is 2.05. The average Bonchev–Trinajstić information content (AvgIpc) is 2.69. The number of nitrogens with zero attached hydrogens (tertiary/aromatic N) is 1. The number of hydrogen-bond acceptors (Lipinski definition) is 0. The highest BCUT2D eigenvalue weighted by atomic mass is 127. The first-order valence-corrected chi connectivity index (χ1v) is 7.11. The van der Waals surface area contributed by atoms with E-state index >= 15 is 0 Å². The lowest BCUT2D eigenvalue weighted by molar-refractivity contribution is 0.805. The van der Waals surface area contributed by atoms with Gasteiger partial charge in [-0.3, -0.25) is 0 Å². The Kier molecular flexibility index (Phi) is 3.12. The van der Waals surface area contributed by atoms with Crippen molar-refractivity contribution in [3.8, 4) is 0 Å². The third kappa shape index (κ3) is 2.17. The second-order valence-electron chi connectivity index (χ2n) is 4.56. The van der Waals surface area contributed by atoms with E-state index in [2.05, 4.69) is 88.7 Å². The minimum atomic E-state index is 0.941. The third-order valence-electron chi connectivity index (χ3n) is 3.27. The minimum Gasteiger partial charge on any atom is -0.340 e. The van der Waals surface area contributed by atoms with Crippen LogP contribution in [0.4, 0.5) is 0 Å². The molecule has 0 radical (unpaired) electrons. The maximum absolute atomic E-state index is 2.37. The van der Waals surface area contributed by atoms with Crippen LogP contribution in [0.15, 0.2) is 54.6 Å². The standard InChI is InChI=1S/C16H14IN/c1-12-10-14-4-2-3-5-16(14)18(12)11-13-6-8-15(17)9-7-13/h2-10H,11H2,1H3. The van der Waals surface area contributed by atoms with Gasteiger partial charge in [-0.2, -0.15) is 0 Å². The molecule has 0 aliphatic rings. The smallest absolute Gasteiger partial charge is 0.0485 e. The van der Waals surface area contributed by atoms with Gasteiger partial charge in [0.2, 0.25) is 0 Å². The molecule has 0 saturated heterocycles. The number of aryl methyl sites for hydroxylation is 1. The fourth-order valence-corrected chi connectivity index (χ4v) is 2.69. The van der Waals surface area contributed by atoms with Crippen LogP contribution < -0.4 is 0 Å². The molecule has 0 fully saturated rings. The maximum atomic E-state index is 2.37. The maximum Gasteiger partial charge on any atom is 0.0485 e. The first kappa shape index (κ1) is 11.8. The van der Waals surface area contributed by atoms with E-state index in [1.165, 1.54) is 25.7 Å². The molecule has 0 aliphatic heterocycles. The molecule has 0 saturated carbocycles. The fraction of sp³-hybridized carbons (Fsp3) is 0.125. The molecular formula is C16H14IN. The van der Waals surface area contributed by atoms with Crippen molar-refractivity contribution >= 4 is 33.5 Å². The minimum absolute atomic E-state index is 0.941. The van der Waals surface area contributed by atoms with E-state index in [9.17, 15) is 0 Å².